The Labute approximate surface area is 122 Å². The molecule has 1 aromatic carbocycles. The van der Waals surface area contributed by atoms with Crippen molar-refractivity contribution in [2.24, 2.45) is 0 Å². The molecule has 0 spiro atoms. The van der Waals surface area contributed by atoms with E-state index in [-0.39, 0.29) is 11.6 Å². The van der Waals surface area contributed by atoms with Gasteiger partial charge in [-0.05, 0) is 24.1 Å². The zero-order valence-corrected chi connectivity index (χ0v) is 11.4. The van der Waals surface area contributed by atoms with Crippen LogP contribution in [0, 0.1) is 0 Å². The molecular formula is C17H14N2O2. The highest BCUT2D eigenvalue weighted by molar-refractivity contribution is 6.24. The van der Waals surface area contributed by atoms with E-state index in [1.165, 1.54) is 6.08 Å². The largest absolute Gasteiger partial charge is 0.381 e. The number of hydrogen-bond donors (Lipinski definition) is 1. The molecule has 1 aromatic heterocycles. The average Bonchev–Trinajstić information content (AvgIpc) is 2.53. The van der Waals surface area contributed by atoms with Gasteiger partial charge in [0.05, 0.1) is 5.70 Å². The predicted molar refractivity (Wildman–Crippen MR) is 79.1 cm³/mol. The highest BCUT2D eigenvalue weighted by Gasteiger charge is 2.24. The first-order chi connectivity index (χ1) is 10.3. The van der Waals surface area contributed by atoms with E-state index >= 15 is 0 Å². The van der Waals surface area contributed by atoms with Gasteiger partial charge in [-0.1, -0.05) is 24.3 Å². The molecule has 0 amide bonds. The topological polar surface area (TPSA) is 59.1 Å². The number of ketones is 2. The van der Waals surface area contributed by atoms with Crippen LogP contribution < -0.4 is 5.32 Å². The molecule has 3 rings (SSSR count). The first-order valence-corrected chi connectivity index (χ1v) is 6.78. The third-order valence-electron chi connectivity index (χ3n) is 3.44. The van der Waals surface area contributed by atoms with Crippen molar-refractivity contribution in [3.63, 3.8) is 0 Å². The molecule has 1 heterocycles. The third kappa shape index (κ3) is 2.74. The molecule has 1 N–H and O–H groups in total. The van der Waals surface area contributed by atoms with Crippen molar-refractivity contribution in [2.45, 2.75) is 6.42 Å². The Bertz CT molecular complexity index is 721. The molecule has 0 atom stereocenters. The summed E-state index contributed by atoms with van der Waals surface area (Å²) >= 11 is 0. The number of nitrogens with zero attached hydrogens (tertiary/aromatic N) is 1. The van der Waals surface area contributed by atoms with E-state index in [0.717, 1.165) is 12.0 Å². The number of benzene rings is 1. The van der Waals surface area contributed by atoms with Crippen molar-refractivity contribution in [3.8, 4) is 0 Å². The monoisotopic (exact) mass is 278 g/mol. The molecule has 0 fully saturated rings. The Balaban J connectivity index is 1.70. The average molecular weight is 278 g/mol. The maximum atomic E-state index is 12.3. The van der Waals surface area contributed by atoms with Crippen LogP contribution in [0.3, 0.4) is 0 Å². The van der Waals surface area contributed by atoms with Crippen molar-refractivity contribution < 1.29 is 9.59 Å². The molecule has 4 nitrogen and oxygen atoms in total. The fourth-order valence-corrected chi connectivity index (χ4v) is 2.34. The van der Waals surface area contributed by atoms with Gasteiger partial charge in [-0.15, -0.1) is 0 Å². The van der Waals surface area contributed by atoms with Gasteiger partial charge in [-0.3, -0.25) is 14.6 Å². The summed E-state index contributed by atoms with van der Waals surface area (Å²) < 4.78 is 0. The Morgan fingerprint density at radius 2 is 1.67 bits per heavy atom. The number of nitrogens with one attached hydrogen (secondary N) is 1. The van der Waals surface area contributed by atoms with E-state index in [2.05, 4.69) is 10.3 Å². The van der Waals surface area contributed by atoms with Crippen molar-refractivity contribution in [3.05, 3.63) is 77.3 Å². The molecule has 0 radical (unpaired) electrons. The minimum absolute atomic E-state index is 0.125. The van der Waals surface area contributed by atoms with Crippen molar-refractivity contribution in [1.82, 2.24) is 10.3 Å². The first kappa shape index (κ1) is 13.2. The summed E-state index contributed by atoms with van der Waals surface area (Å²) in [6, 6.07) is 10.8. The van der Waals surface area contributed by atoms with Gasteiger partial charge in [0, 0.05) is 36.1 Å². The number of fused-ring (bicyclic) bond motifs is 1. The van der Waals surface area contributed by atoms with Crippen LogP contribution in [0.15, 0.2) is 60.6 Å². The number of allylic oxidation sites excluding steroid dienone is 2. The van der Waals surface area contributed by atoms with Crippen LogP contribution in [-0.4, -0.2) is 23.1 Å². The predicted octanol–water partition coefficient (Wildman–Crippen LogP) is 2.18. The molecule has 0 aliphatic heterocycles. The lowest BCUT2D eigenvalue weighted by atomic mass is 9.93. The van der Waals surface area contributed by atoms with Crippen LogP contribution in [-0.2, 0) is 6.42 Å². The summed E-state index contributed by atoms with van der Waals surface area (Å²) in [6.07, 6.45) is 5.63. The number of aromatic nitrogens is 1. The first-order valence-electron chi connectivity index (χ1n) is 6.78. The molecular weight excluding hydrogens is 264 g/mol. The van der Waals surface area contributed by atoms with Gasteiger partial charge in [0.15, 0.2) is 5.78 Å². The molecule has 0 saturated carbocycles. The Morgan fingerprint density at radius 1 is 0.952 bits per heavy atom. The number of rotatable bonds is 4. The summed E-state index contributed by atoms with van der Waals surface area (Å²) in [5.41, 5.74) is 2.44. The number of Topliss-reactive ketones (excluding diaryl/α,β-unsaturated/α-hetero) is 1. The Morgan fingerprint density at radius 3 is 2.43 bits per heavy atom. The fourth-order valence-electron chi connectivity index (χ4n) is 2.34. The molecule has 2 aromatic rings. The number of carbonyl (C=O) groups is 2. The van der Waals surface area contributed by atoms with Crippen molar-refractivity contribution in [1.29, 1.82) is 0 Å². The quantitative estimate of drug-likeness (QED) is 0.931. The number of carbonyl (C=O) groups excluding carboxylic acids is 2. The molecule has 21 heavy (non-hydrogen) atoms. The summed E-state index contributed by atoms with van der Waals surface area (Å²) in [5.74, 6) is -0.253. The second-order valence-corrected chi connectivity index (χ2v) is 4.83. The zero-order chi connectivity index (χ0) is 14.7. The van der Waals surface area contributed by atoms with Crippen LogP contribution >= 0.6 is 0 Å². The van der Waals surface area contributed by atoms with Crippen LogP contribution in [0.2, 0.25) is 0 Å². The molecule has 104 valence electrons. The maximum Gasteiger partial charge on any atom is 0.209 e. The number of pyridine rings is 1. The van der Waals surface area contributed by atoms with Gasteiger partial charge in [-0.2, -0.15) is 0 Å². The maximum absolute atomic E-state index is 12.3. The lowest BCUT2D eigenvalue weighted by Gasteiger charge is -2.16. The lowest BCUT2D eigenvalue weighted by Crippen LogP contribution is -2.28. The molecule has 0 bridgehead atoms. The van der Waals surface area contributed by atoms with E-state index < -0.39 is 0 Å². The second kappa shape index (κ2) is 5.71. The van der Waals surface area contributed by atoms with Gasteiger partial charge >= 0.3 is 0 Å². The Hall–Kier alpha value is -2.75. The van der Waals surface area contributed by atoms with E-state index in [0.29, 0.717) is 23.4 Å². The molecule has 0 saturated heterocycles. The van der Waals surface area contributed by atoms with Gasteiger partial charge in [0.2, 0.25) is 5.78 Å². The molecule has 1 aliphatic carbocycles. The van der Waals surface area contributed by atoms with Crippen LogP contribution in [0.25, 0.3) is 0 Å². The highest BCUT2D eigenvalue weighted by atomic mass is 16.1. The summed E-state index contributed by atoms with van der Waals surface area (Å²) in [6.45, 7) is 0.594. The van der Waals surface area contributed by atoms with Crippen LogP contribution in [0.1, 0.15) is 26.3 Å². The minimum atomic E-state index is -0.128. The fraction of sp³-hybridized carbons (Fsp3) is 0.118. The Kier molecular flexibility index (Phi) is 3.60. The summed E-state index contributed by atoms with van der Waals surface area (Å²) in [4.78, 5) is 28.3. The van der Waals surface area contributed by atoms with Crippen molar-refractivity contribution >= 4 is 11.6 Å². The number of hydrogen-bond acceptors (Lipinski definition) is 4. The SMILES string of the molecule is O=C1C=C(NCCc2ccncc2)C(=O)c2ccccc21. The molecule has 1 aliphatic rings. The van der Waals surface area contributed by atoms with Gasteiger partial charge in [0.25, 0.3) is 0 Å². The molecule has 4 heteroatoms. The van der Waals surface area contributed by atoms with Gasteiger partial charge < -0.3 is 5.32 Å². The van der Waals surface area contributed by atoms with E-state index in [1.54, 1.807) is 36.7 Å². The third-order valence-corrected chi connectivity index (χ3v) is 3.44. The normalized spacial score (nSPS) is 13.6. The van der Waals surface area contributed by atoms with Gasteiger partial charge in [0.1, 0.15) is 0 Å². The van der Waals surface area contributed by atoms with Crippen LogP contribution in [0.5, 0.6) is 0 Å². The molecule has 0 unspecified atom stereocenters. The summed E-state index contributed by atoms with van der Waals surface area (Å²) in [5, 5.41) is 3.06. The lowest BCUT2D eigenvalue weighted by molar-refractivity contribution is 0.0978. The standard InChI is InChI=1S/C17H14N2O2/c20-16-11-15(17(21)14-4-2-1-3-13(14)16)19-10-7-12-5-8-18-9-6-12/h1-6,8-9,11,19H,7,10H2. The summed E-state index contributed by atoms with van der Waals surface area (Å²) in [7, 11) is 0. The minimum Gasteiger partial charge on any atom is -0.381 e. The van der Waals surface area contributed by atoms with E-state index in [9.17, 15) is 9.59 Å². The smallest absolute Gasteiger partial charge is 0.209 e. The van der Waals surface area contributed by atoms with Gasteiger partial charge in [-0.25, -0.2) is 0 Å². The second-order valence-electron chi connectivity index (χ2n) is 4.83. The van der Waals surface area contributed by atoms with Crippen LogP contribution in [0.4, 0.5) is 0 Å². The highest BCUT2D eigenvalue weighted by Crippen LogP contribution is 2.19. The van der Waals surface area contributed by atoms with E-state index in [4.69, 9.17) is 0 Å². The zero-order valence-electron chi connectivity index (χ0n) is 11.4. The van der Waals surface area contributed by atoms with E-state index in [1.807, 2.05) is 12.1 Å². The van der Waals surface area contributed by atoms with Crippen molar-refractivity contribution in [2.75, 3.05) is 6.54 Å².